The number of nitrogens with zero attached hydrogens (tertiary/aromatic N) is 1. The number of terminal acetylenes is 1. The maximum atomic E-state index is 14.8. The van der Waals surface area contributed by atoms with Gasteiger partial charge in [-0.1, -0.05) is 66.9 Å². The van der Waals surface area contributed by atoms with Gasteiger partial charge in [0.15, 0.2) is 6.35 Å². The molecule has 288 valence electrons. The first-order chi connectivity index (χ1) is 23.9. The molecule has 6 atom stereocenters. The summed E-state index contributed by atoms with van der Waals surface area (Å²) >= 11 is 0. The molecule has 1 aliphatic heterocycles. The lowest BCUT2D eigenvalue weighted by molar-refractivity contribution is -0.147. The van der Waals surface area contributed by atoms with Crippen LogP contribution in [0.25, 0.3) is 0 Å². The second-order valence-electron chi connectivity index (χ2n) is 16.0. The number of hydrogen-bond acceptors (Lipinski definition) is 9. The number of alkyl carbamates (subject to hydrolysis) is 1. The minimum Gasteiger partial charge on any atom is -0.448 e. The van der Waals surface area contributed by atoms with Crippen LogP contribution in [0.5, 0.6) is 0 Å². The summed E-state index contributed by atoms with van der Waals surface area (Å²) in [4.78, 5) is 68.5. The van der Waals surface area contributed by atoms with Gasteiger partial charge in [0.1, 0.15) is 12.6 Å². The van der Waals surface area contributed by atoms with Crippen LogP contribution in [0.15, 0.2) is 12.7 Å². The van der Waals surface area contributed by atoms with E-state index in [9.17, 15) is 29.1 Å². The molecule has 0 aromatic heterocycles. The molecule has 1 aliphatic carbocycles. The highest BCUT2D eigenvalue weighted by atomic mass is 16.5. The summed E-state index contributed by atoms with van der Waals surface area (Å²) in [6, 6.07) is -3.53. The lowest BCUT2D eigenvalue weighted by atomic mass is 9.70. The number of aliphatic hydroxyl groups is 1. The van der Waals surface area contributed by atoms with E-state index in [0.29, 0.717) is 13.0 Å². The highest BCUT2D eigenvalue weighted by molar-refractivity contribution is 6.38. The van der Waals surface area contributed by atoms with E-state index in [1.807, 2.05) is 55.4 Å². The molecular formula is C38H64N6O7. The third kappa shape index (κ3) is 12.9. The number of amides is 4. The summed E-state index contributed by atoms with van der Waals surface area (Å²) in [6.07, 6.45) is 10.1. The number of nitrogens with one attached hydrogen (secondary N) is 5. The number of Topliss-reactive ketones (excluding diaryl/α,β-unsaturated/α-hetero) is 1. The lowest BCUT2D eigenvalue weighted by Crippen LogP contribution is -2.64. The Morgan fingerprint density at radius 2 is 1.71 bits per heavy atom. The van der Waals surface area contributed by atoms with Crippen LogP contribution >= 0.6 is 0 Å². The first-order valence-electron chi connectivity index (χ1n) is 18.5. The van der Waals surface area contributed by atoms with Crippen molar-refractivity contribution in [3.8, 4) is 12.3 Å². The van der Waals surface area contributed by atoms with Gasteiger partial charge in [0.2, 0.25) is 17.6 Å². The molecule has 1 saturated carbocycles. The van der Waals surface area contributed by atoms with Crippen molar-refractivity contribution >= 4 is 29.6 Å². The Morgan fingerprint density at radius 1 is 1.06 bits per heavy atom. The molecule has 0 aromatic rings. The van der Waals surface area contributed by atoms with Gasteiger partial charge in [-0.25, -0.2) is 4.79 Å². The molecule has 6 N–H and O–H groups in total. The van der Waals surface area contributed by atoms with Crippen LogP contribution in [-0.4, -0.2) is 95.9 Å². The zero-order valence-electron chi connectivity index (χ0n) is 32.1. The quantitative estimate of drug-likeness (QED) is 0.0539. The third-order valence-electron chi connectivity index (χ3n) is 10.2. The molecule has 0 spiro atoms. The number of carbonyl (C=O) groups is 5. The predicted octanol–water partition coefficient (Wildman–Crippen LogP) is 2.97. The largest absolute Gasteiger partial charge is 0.448 e. The van der Waals surface area contributed by atoms with Gasteiger partial charge in [0, 0.05) is 31.6 Å². The molecule has 13 heteroatoms. The molecule has 4 unspecified atom stereocenters. The van der Waals surface area contributed by atoms with Crippen molar-refractivity contribution in [1.29, 1.82) is 0 Å². The second kappa shape index (κ2) is 20.0. The summed E-state index contributed by atoms with van der Waals surface area (Å²) in [5.41, 5.74) is -0.970. The van der Waals surface area contributed by atoms with E-state index in [2.05, 4.69) is 39.1 Å². The summed E-state index contributed by atoms with van der Waals surface area (Å²) in [5, 5.41) is 25.7. The maximum absolute atomic E-state index is 14.8. The van der Waals surface area contributed by atoms with E-state index >= 15 is 0 Å². The standard InChI is InChI=1S/C38H64N6O7/c1-11-13-17-27(30(45)33(47)39-21-12-2)41-32(46)29-26(24(3)4)18-22-44(29)34(48)31(38(10)19-15-14-16-20-38)43-35(49)42-28(37(7,8)9)23-51-36(50)40-25(5)6/h1,12,24-29,31,35,42-43,49H,2,13-23H2,3-10H3,(H,39,47)(H,40,50)(H,41,46)/t26-,27?,28-,29?,31?,35?/m1/s1. The van der Waals surface area contributed by atoms with Crippen molar-refractivity contribution in [2.75, 3.05) is 19.7 Å². The number of ether oxygens (including phenoxy) is 1. The predicted molar refractivity (Wildman–Crippen MR) is 197 cm³/mol. The van der Waals surface area contributed by atoms with E-state index in [-0.39, 0.29) is 49.8 Å². The Labute approximate surface area is 305 Å². The van der Waals surface area contributed by atoms with Crippen LogP contribution in [0.1, 0.15) is 107 Å². The zero-order valence-corrected chi connectivity index (χ0v) is 32.1. The molecule has 0 bridgehead atoms. The highest BCUT2D eigenvalue weighted by Crippen LogP contribution is 2.41. The minimum absolute atomic E-state index is 0.0215. The molecule has 2 rings (SSSR count). The molecule has 0 radical (unpaired) electrons. The van der Waals surface area contributed by atoms with Gasteiger partial charge in [-0.2, -0.15) is 0 Å². The number of ketones is 1. The summed E-state index contributed by atoms with van der Waals surface area (Å²) in [6.45, 7) is 19.5. The van der Waals surface area contributed by atoms with Crippen molar-refractivity contribution in [2.24, 2.45) is 22.7 Å². The van der Waals surface area contributed by atoms with Crippen molar-refractivity contribution in [1.82, 2.24) is 31.5 Å². The Bertz CT molecular complexity index is 1250. The number of rotatable bonds is 18. The summed E-state index contributed by atoms with van der Waals surface area (Å²) in [5.74, 6) is -0.240. The van der Waals surface area contributed by atoms with Gasteiger partial charge in [-0.05, 0) is 62.2 Å². The smallest absolute Gasteiger partial charge is 0.407 e. The Kier molecular flexibility index (Phi) is 17.1. The number of carbonyl (C=O) groups excluding carboxylic acids is 5. The average molecular weight is 717 g/mol. The van der Waals surface area contributed by atoms with Gasteiger partial charge in [-0.3, -0.25) is 29.8 Å². The molecule has 2 fully saturated rings. The van der Waals surface area contributed by atoms with Gasteiger partial charge < -0.3 is 30.7 Å². The fourth-order valence-electron chi connectivity index (χ4n) is 7.03. The molecular weight excluding hydrogens is 652 g/mol. The van der Waals surface area contributed by atoms with E-state index in [4.69, 9.17) is 11.2 Å². The Balaban J connectivity index is 2.41. The molecule has 1 heterocycles. The summed E-state index contributed by atoms with van der Waals surface area (Å²) < 4.78 is 5.46. The van der Waals surface area contributed by atoms with Crippen LogP contribution in [-0.2, 0) is 23.9 Å². The van der Waals surface area contributed by atoms with Gasteiger partial charge in [0.05, 0.1) is 12.1 Å². The molecule has 13 nitrogen and oxygen atoms in total. The van der Waals surface area contributed by atoms with E-state index in [1.54, 1.807) is 4.90 Å². The van der Waals surface area contributed by atoms with Crippen LogP contribution < -0.4 is 26.6 Å². The second-order valence-corrected chi connectivity index (χ2v) is 16.0. The molecule has 51 heavy (non-hydrogen) atoms. The van der Waals surface area contributed by atoms with Crippen LogP contribution in [0.2, 0.25) is 0 Å². The van der Waals surface area contributed by atoms with Crippen molar-refractivity contribution in [3.05, 3.63) is 12.7 Å². The fourth-order valence-corrected chi connectivity index (χ4v) is 7.03. The fraction of sp³-hybridized carbons (Fsp3) is 0.763. The highest BCUT2D eigenvalue weighted by Gasteiger charge is 2.50. The van der Waals surface area contributed by atoms with E-state index < -0.39 is 65.0 Å². The van der Waals surface area contributed by atoms with Crippen LogP contribution in [0, 0.1) is 35.0 Å². The van der Waals surface area contributed by atoms with Gasteiger partial charge in [-0.15, -0.1) is 18.9 Å². The molecule has 2 aliphatic rings. The van der Waals surface area contributed by atoms with Crippen LogP contribution in [0.3, 0.4) is 0 Å². The van der Waals surface area contributed by atoms with E-state index in [1.165, 1.54) is 6.08 Å². The molecule has 0 aromatic carbocycles. The monoisotopic (exact) mass is 716 g/mol. The van der Waals surface area contributed by atoms with Gasteiger partial charge >= 0.3 is 6.09 Å². The van der Waals surface area contributed by atoms with E-state index in [0.717, 1.165) is 32.1 Å². The first kappa shape index (κ1) is 43.7. The van der Waals surface area contributed by atoms with Crippen molar-refractivity contribution in [3.63, 3.8) is 0 Å². The first-order valence-corrected chi connectivity index (χ1v) is 18.5. The number of likely N-dealkylation sites (tertiary alicyclic amines) is 1. The van der Waals surface area contributed by atoms with Crippen molar-refractivity contribution in [2.45, 2.75) is 143 Å². The Hall–Kier alpha value is -3.47. The average Bonchev–Trinajstić information content (AvgIpc) is 3.51. The number of hydrogen-bond donors (Lipinski definition) is 6. The van der Waals surface area contributed by atoms with Crippen LogP contribution in [0.4, 0.5) is 4.79 Å². The topological polar surface area (TPSA) is 178 Å². The van der Waals surface area contributed by atoms with Gasteiger partial charge in [0.25, 0.3) is 5.91 Å². The molecule has 4 amide bonds. The van der Waals surface area contributed by atoms with Crippen molar-refractivity contribution < 1.29 is 33.8 Å². The lowest BCUT2D eigenvalue weighted by Gasteiger charge is -2.44. The normalized spacial score (nSPS) is 21.2. The third-order valence-corrected chi connectivity index (χ3v) is 10.2. The molecule has 1 saturated heterocycles. The number of aliphatic hydroxyl groups excluding tert-OH is 1. The SMILES string of the molecule is C#CCCC(NC(=O)C1[C@@H](C(C)C)CCN1C(=O)C(NC(O)N[C@H](COC(=O)NC(C)C)C(C)(C)C)C1(C)CCCCC1)C(=O)C(=O)NCC=C. The zero-order chi connectivity index (χ0) is 38.5. The Morgan fingerprint density at radius 3 is 2.25 bits per heavy atom. The summed E-state index contributed by atoms with van der Waals surface area (Å²) in [7, 11) is 0. The maximum Gasteiger partial charge on any atom is 0.407 e. The minimum atomic E-state index is -1.35.